The van der Waals surface area contributed by atoms with Crippen LogP contribution in [0.4, 0.5) is 11.4 Å². The van der Waals surface area contributed by atoms with Gasteiger partial charge in [-0.25, -0.2) is 8.42 Å². The molecule has 0 radical (unpaired) electrons. The summed E-state index contributed by atoms with van der Waals surface area (Å²) < 4.78 is 31.5. The number of hydrogen-bond acceptors (Lipinski definition) is 4. The van der Waals surface area contributed by atoms with Crippen LogP contribution in [0.2, 0.25) is 0 Å². The van der Waals surface area contributed by atoms with E-state index in [2.05, 4.69) is 19.2 Å². The van der Waals surface area contributed by atoms with Gasteiger partial charge in [0, 0.05) is 5.69 Å². The highest BCUT2D eigenvalue weighted by atomic mass is 32.2. The van der Waals surface area contributed by atoms with Crippen molar-refractivity contribution in [3.05, 3.63) is 53.6 Å². The molecule has 7 heteroatoms. The lowest BCUT2D eigenvalue weighted by Gasteiger charge is -2.34. The van der Waals surface area contributed by atoms with Crippen LogP contribution in [0.15, 0.2) is 42.5 Å². The first-order valence-electron chi connectivity index (χ1n) is 8.81. The number of nitrogens with zero attached hydrogens (tertiary/aromatic N) is 1. The summed E-state index contributed by atoms with van der Waals surface area (Å²) in [5.41, 5.74) is 3.20. The Balaban J connectivity index is 1.82. The number of rotatable bonds is 4. The Kier molecular flexibility index (Phi) is 5.15. The van der Waals surface area contributed by atoms with Gasteiger partial charge in [-0.1, -0.05) is 32.0 Å². The molecule has 6 nitrogen and oxygen atoms in total. The molecule has 0 saturated carbocycles. The first kappa shape index (κ1) is 19.2. The molecule has 1 N–H and O–H groups in total. The van der Waals surface area contributed by atoms with Gasteiger partial charge >= 0.3 is 0 Å². The maximum absolute atomic E-state index is 12.7. The Morgan fingerprint density at radius 2 is 1.85 bits per heavy atom. The summed E-state index contributed by atoms with van der Waals surface area (Å²) >= 11 is 0. The van der Waals surface area contributed by atoms with E-state index in [9.17, 15) is 13.2 Å². The topological polar surface area (TPSA) is 75.7 Å². The summed E-state index contributed by atoms with van der Waals surface area (Å²) in [5.74, 6) is 0.402. The fraction of sp³-hybridized carbons (Fsp3) is 0.350. The number of carbonyl (C=O) groups excluding carboxylic acids is 1. The largest absolute Gasteiger partial charge is 0.476 e. The number of ether oxygens (including phenoxy) is 1. The second kappa shape index (κ2) is 7.23. The summed E-state index contributed by atoms with van der Waals surface area (Å²) in [5, 5.41) is 2.81. The quantitative estimate of drug-likeness (QED) is 0.872. The van der Waals surface area contributed by atoms with Crippen molar-refractivity contribution < 1.29 is 17.9 Å². The van der Waals surface area contributed by atoms with Crippen LogP contribution in [-0.4, -0.2) is 33.2 Å². The summed E-state index contributed by atoms with van der Waals surface area (Å²) in [6.45, 7) is 6.01. The maximum atomic E-state index is 12.7. The summed E-state index contributed by atoms with van der Waals surface area (Å²) in [4.78, 5) is 12.7. The molecule has 144 valence electrons. The molecular formula is C20H24N2O4S. The zero-order valence-corrected chi connectivity index (χ0v) is 16.7. The number of nitrogens with one attached hydrogen (secondary N) is 1. The SMILES string of the molecule is Cc1ccc2c(c1)N(S(C)(=O)=O)C[C@H](C(=O)Nc1ccc(C(C)C)cc1)O2. The molecule has 1 aliphatic rings. The molecule has 2 aromatic rings. The number of amides is 1. The van der Waals surface area contributed by atoms with Gasteiger partial charge < -0.3 is 10.1 Å². The Morgan fingerprint density at radius 1 is 1.19 bits per heavy atom. The first-order chi connectivity index (χ1) is 12.6. The average Bonchev–Trinajstić information content (AvgIpc) is 2.60. The molecule has 1 heterocycles. The lowest BCUT2D eigenvalue weighted by molar-refractivity contribution is -0.122. The van der Waals surface area contributed by atoms with Gasteiger partial charge in [-0.2, -0.15) is 0 Å². The number of sulfonamides is 1. The maximum Gasteiger partial charge on any atom is 0.267 e. The highest BCUT2D eigenvalue weighted by Gasteiger charge is 2.35. The molecule has 0 aliphatic carbocycles. The molecule has 1 amide bonds. The molecule has 0 fully saturated rings. The van der Waals surface area contributed by atoms with E-state index in [4.69, 9.17) is 4.74 Å². The lowest BCUT2D eigenvalue weighted by atomic mass is 10.0. The first-order valence-corrected chi connectivity index (χ1v) is 10.7. The van der Waals surface area contributed by atoms with E-state index >= 15 is 0 Å². The van der Waals surface area contributed by atoms with E-state index in [1.54, 1.807) is 12.1 Å². The van der Waals surface area contributed by atoms with Crippen LogP contribution in [0.25, 0.3) is 0 Å². The Hall–Kier alpha value is -2.54. The average molecular weight is 388 g/mol. The highest BCUT2D eigenvalue weighted by molar-refractivity contribution is 7.92. The van der Waals surface area contributed by atoms with E-state index in [1.165, 1.54) is 9.87 Å². The predicted molar refractivity (Wildman–Crippen MR) is 107 cm³/mol. The third-order valence-corrected chi connectivity index (χ3v) is 5.67. The van der Waals surface area contributed by atoms with Crippen LogP contribution in [0.5, 0.6) is 5.75 Å². The van der Waals surface area contributed by atoms with Gasteiger partial charge in [-0.05, 0) is 48.2 Å². The summed E-state index contributed by atoms with van der Waals surface area (Å²) in [6, 6.07) is 12.9. The predicted octanol–water partition coefficient (Wildman–Crippen LogP) is 3.28. The molecule has 1 aliphatic heterocycles. The molecule has 0 bridgehead atoms. The van der Waals surface area contributed by atoms with Crippen LogP contribution >= 0.6 is 0 Å². The van der Waals surface area contributed by atoms with Crippen molar-refractivity contribution in [3.8, 4) is 5.75 Å². The fourth-order valence-corrected chi connectivity index (χ4v) is 3.89. The number of benzene rings is 2. The number of fused-ring (bicyclic) bond motifs is 1. The molecule has 3 rings (SSSR count). The van der Waals surface area contributed by atoms with Crippen molar-refractivity contribution in [3.63, 3.8) is 0 Å². The van der Waals surface area contributed by atoms with Gasteiger partial charge in [0.15, 0.2) is 6.10 Å². The Bertz CT molecular complexity index is 952. The van der Waals surface area contributed by atoms with Gasteiger partial charge in [0.1, 0.15) is 5.75 Å². The standard InChI is InChI=1S/C20H24N2O4S/c1-13(2)15-6-8-16(9-7-15)21-20(23)19-12-22(27(4,24)25)17-11-14(3)5-10-18(17)26-19/h5-11,13,19H,12H2,1-4H3,(H,21,23)/t19-/m1/s1. The molecule has 2 aromatic carbocycles. The minimum Gasteiger partial charge on any atom is -0.476 e. The Labute approximate surface area is 160 Å². The minimum atomic E-state index is -3.54. The third kappa shape index (κ3) is 4.24. The van der Waals surface area contributed by atoms with Crippen molar-refractivity contribution in [2.75, 3.05) is 22.4 Å². The van der Waals surface area contributed by atoms with Crippen molar-refractivity contribution in [2.24, 2.45) is 0 Å². The number of anilines is 2. The van der Waals surface area contributed by atoms with Gasteiger partial charge in [0.2, 0.25) is 10.0 Å². The second-order valence-electron chi connectivity index (χ2n) is 7.14. The van der Waals surface area contributed by atoms with Crippen molar-refractivity contribution in [1.82, 2.24) is 0 Å². The molecular weight excluding hydrogens is 364 g/mol. The van der Waals surface area contributed by atoms with Crippen LogP contribution in [0.3, 0.4) is 0 Å². The second-order valence-corrected chi connectivity index (χ2v) is 9.04. The van der Waals surface area contributed by atoms with Crippen molar-refractivity contribution >= 4 is 27.3 Å². The van der Waals surface area contributed by atoms with Crippen LogP contribution in [0.1, 0.15) is 30.9 Å². The van der Waals surface area contributed by atoms with Crippen LogP contribution < -0.4 is 14.4 Å². The van der Waals surface area contributed by atoms with E-state index < -0.39 is 16.1 Å². The summed E-state index contributed by atoms with van der Waals surface area (Å²) in [6.07, 6.45) is 0.198. The van der Waals surface area contributed by atoms with Gasteiger partial charge in [0.25, 0.3) is 5.91 Å². The zero-order chi connectivity index (χ0) is 19.8. The molecule has 0 spiro atoms. The monoisotopic (exact) mass is 388 g/mol. The molecule has 0 unspecified atom stereocenters. The Morgan fingerprint density at radius 3 is 2.44 bits per heavy atom. The van der Waals surface area contributed by atoms with Gasteiger partial charge in [-0.15, -0.1) is 0 Å². The van der Waals surface area contributed by atoms with Gasteiger partial charge in [-0.3, -0.25) is 9.10 Å². The lowest BCUT2D eigenvalue weighted by Crippen LogP contribution is -2.48. The van der Waals surface area contributed by atoms with E-state index in [1.807, 2.05) is 37.3 Å². The molecule has 27 heavy (non-hydrogen) atoms. The van der Waals surface area contributed by atoms with E-state index in [-0.39, 0.29) is 12.5 Å². The number of hydrogen-bond donors (Lipinski definition) is 1. The summed E-state index contributed by atoms with van der Waals surface area (Å²) in [7, 11) is -3.54. The normalized spacial score (nSPS) is 16.6. The highest BCUT2D eigenvalue weighted by Crippen LogP contribution is 2.36. The van der Waals surface area contributed by atoms with Crippen molar-refractivity contribution in [1.29, 1.82) is 0 Å². The van der Waals surface area contributed by atoms with Crippen LogP contribution in [-0.2, 0) is 14.8 Å². The van der Waals surface area contributed by atoms with Gasteiger partial charge in [0.05, 0.1) is 18.5 Å². The minimum absolute atomic E-state index is 0.0643. The number of aryl methyl sites for hydroxylation is 1. The molecule has 0 aromatic heterocycles. The van der Waals surface area contributed by atoms with E-state index in [0.29, 0.717) is 23.0 Å². The zero-order valence-electron chi connectivity index (χ0n) is 15.9. The fourth-order valence-electron chi connectivity index (χ4n) is 2.99. The molecule has 0 saturated heterocycles. The molecule has 1 atom stereocenters. The van der Waals surface area contributed by atoms with Crippen LogP contribution in [0, 0.1) is 6.92 Å². The number of carbonyl (C=O) groups is 1. The van der Waals surface area contributed by atoms with Crippen molar-refractivity contribution in [2.45, 2.75) is 32.8 Å². The van der Waals surface area contributed by atoms with E-state index in [0.717, 1.165) is 11.8 Å². The smallest absolute Gasteiger partial charge is 0.267 e. The third-order valence-electron chi connectivity index (χ3n) is 4.52.